The van der Waals surface area contributed by atoms with Crippen molar-refractivity contribution in [2.24, 2.45) is 5.73 Å². The predicted molar refractivity (Wildman–Crippen MR) is 70.1 cm³/mol. The summed E-state index contributed by atoms with van der Waals surface area (Å²) < 4.78 is 1.08. The third kappa shape index (κ3) is 2.49. The van der Waals surface area contributed by atoms with Crippen LogP contribution in [0.4, 0.5) is 0 Å². The lowest BCUT2D eigenvalue weighted by Crippen LogP contribution is -2.04. The zero-order valence-corrected chi connectivity index (χ0v) is 10.4. The Kier molecular flexibility index (Phi) is 3.70. The smallest absolute Gasteiger partial charge is 0.0306 e. The molecular formula is C13H13BrN2. The lowest BCUT2D eigenvalue weighted by molar-refractivity contribution is 0.960. The minimum Gasteiger partial charge on any atom is -0.330 e. The van der Waals surface area contributed by atoms with Crippen molar-refractivity contribution in [3.05, 3.63) is 52.8 Å². The number of benzene rings is 1. The SMILES string of the molecule is NCCc1cnccc1-c1cccc(Br)c1. The van der Waals surface area contributed by atoms with Crippen molar-refractivity contribution in [3.63, 3.8) is 0 Å². The number of pyridine rings is 1. The second kappa shape index (κ2) is 5.23. The van der Waals surface area contributed by atoms with E-state index in [4.69, 9.17) is 5.73 Å². The lowest BCUT2D eigenvalue weighted by atomic mass is 10.00. The van der Waals surface area contributed by atoms with Crippen molar-refractivity contribution < 1.29 is 0 Å². The minimum absolute atomic E-state index is 0.646. The third-order valence-electron chi connectivity index (χ3n) is 2.45. The molecule has 0 amide bonds. The van der Waals surface area contributed by atoms with Gasteiger partial charge in [-0.05, 0) is 47.9 Å². The maximum atomic E-state index is 5.60. The van der Waals surface area contributed by atoms with Gasteiger partial charge in [0.2, 0.25) is 0 Å². The minimum atomic E-state index is 0.646. The quantitative estimate of drug-likeness (QED) is 0.936. The molecule has 2 nitrogen and oxygen atoms in total. The van der Waals surface area contributed by atoms with Crippen LogP contribution in [0.25, 0.3) is 11.1 Å². The summed E-state index contributed by atoms with van der Waals surface area (Å²) in [5, 5.41) is 0. The van der Waals surface area contributed by atoms with E-state index >= 15 is 0 Å². The van der Waals surface area contributed by atoms with Gasteiger partial charge < -0.3 is 5.73 Å². The first-order valence-corrected chi connectivity index (χ1v) is 5.99. The summed E-state index contributed by atoms with van der Waals surface area (Å²) in [5.41, 5.74) is 9.20. The fraction of sp³-hybridized carbons (Fsp3) is 0.154. The average Bonchev–Trinajstić information content (AvgIpc) is 2.30. The van der Waals surface area contributed by atoms with Crippen molar-refractivity contribution in [1.82, 2.24) is 4.98 Å². The van der Waals surface area contributed by atoms with Crippen LogP contribution in [0.2, 0.25) is 0 Å². The van der Waals surface area contributed by atoms with Gasteiger partial charge in [-0.25, -0.2) is 0 Å². The summed E-state index contributed by atoms with van der Waals surface area (Å²) in [5.74, 6) is 0. The molecule has 0 radical (unpaired) electrons. The molecular weight excluding hydrogens is 264 g/mol. The largest absolute Gasteiger partial charge is 0.330 e. The Balaban J connectivity index is 2.46. The molecule has 0 saturated heterocycles. The topological polar surface area (TPSA) is 38.9 Å². The van der Waals surface area contributed by atoms with E-state index < -0.39 is 0 Å². The number of halogens is 1. The summed E-state index contributed by atoms with van der Waals surface area (Å²) in [6, 6.07) is 10.3. The summed E-state index contributed by atoms with van der Waals surface area (Å²) in [4.78, 5) is 4.14. The molecule has 16 heavy (non-hydrogen) atoms. The number of rotatable bonds is 3. The molecule has 1 aromatic carbocycles. The normalized spacial score (nSPS) is 10.4. The van der Waals surface area contributed by atoms with Crippen LogP contribution in [-0.2, 0) is 6.42 Å². The monoisotopic (exact) mass is 276 g/mol. The molecule has 0 spiro atoms. The molecule has 0 aliphatic heterocycles. The first kappa shape index (κ1) is 11.3. The second-order valence-corrected chi connectivity index (χ2v) is 4.50. The predicted octanol–water partition coefficient (Wildman–Crippen LogP) is 3.01. The van der Waals surface area contributed by atoms with E-state index in [-0.39, 0.29) is 0 Å². The molecule has 2 aromatic rings. The van der Waals surface area contributed by atoms with E-state index in [9.17, 15) is 0 Å². The van der Waals surface area contributed by atoms with Crippen LogP contribution in [0.1, 0.15) is 5.56 Å². The van der Waals surface area contributed by atoms with E-state index in [0.29, 0.717) is 6.54 Å². The maximum absolute atomic E-state index is 5.60. The standard InChI is InChI=1S/C13H13BrN2/c14-12-3-1-2-10(8-12)13-5-7-16-9-11(13)4-6-15/h1-3,5,7-9H,4,6,15H2. The van der Waals surface area contributed by atoms with Crippen molar-refractivity contribution in [2.45, 2.75) is 6.42 Å². The van der Waals surface area contributed by atoms with Crippen molar-refractivity contribution in [1.29, 1.82) is 0 Å². The van der Waals surface area contributed by atoms with Gasteiger partial charge in [0.25, 0.3) is 0 Å². The van der Waals surface area contributed by atoms with Crippen LogP contribution in [-0.4, -0.2) is 11.5 Å². The highest BCUT2D eigenvalue weighted by Gasteiger charge is 2.04. The molecule has 0 saturated carbocycles. The highest BCUT2D eigenvalue weighted by molar-refractivity contribution is 9.10. The van der Waals surface area contributed by atoms with Crippen LogP contribution in [0.5, 0.6) is 0 Å². The first-order valence-electron chi connectivity index (χ1n) is 5.20. The van der Waals surface area contributed by atoms with Gasteiger partial charge in [-0.1, -0.05) is 28.1 Å². The number of nitrogens with zero attached hydrogens (tertiary/aromatic N) is 1. The fourth-order valence-electron chi connectivity index (χ4n) is 1.72. The fourth-order valence-corrected chi connectivity index (χ4v) is 2.12. The van der Waals surface area contributed by atoms with Gasteiger partial charge in [0.1, 0.15) is 0 Å². The number of aromatic nitrogens is 1. The van der Waals surface area contributed by atoms with Crippen molar-refractivity contribution in [2.75, 3.05) is 6.54 Å². The summed E-state index contributed by atoms with van der Waals surface area (Å²) in [6.45, 7) is 0.646. The lowest BCUT2D eigenvalue weighted by Gasteiger charge is -2.08. The molecule has 1 aromatic heterocycles. The number of hydrogen-bond donors (Lipinski definition) is 1. The molecule has 1 heterocycles. The van der Waals surface area contributed by atoms with Crippen LogP contribution in [0, 0.1) is 0 Å². The maximum Gasteiger partial charge on any atom is 0.0306 e. The van der Waals surface area contributed by atoms with Crippen LogP contribution >= 0.6 is 15.9 Å². The van der Waals surface area contributed by atoms with Crippen LogP contribution in [0.15, 0.2) is 47.2 Å². The van der Waals surface area contributed by atoms with Crippen LogP contribution < -0.4 is 5.73 Å². The van der Waals surface area contributed by atoms with E-state index in [1.807, 2.05) is 30.6 Å². The van der Waals surface area contributed by atoms with Crippen molar-refractivity contribution >= 4 is 15.9 Å². The van der Waals surface area contributed by atoms with E-state index in [2.05, 4.69) is 33.0 Å². The van der Waals surface area contributed by atoms with Gasteiger partial charge in [0, 0.05) is 16.9 Å². The molecule has 0 aliphatic carbocycles. The zero-order valence-electron chi connectivity index (χ0n) is 8.86. The Bertz CT molecular complexity index is 483. The molecule has 2 N–H and O–H groups in total. The zero-order chi connectivity index (χ0) is 11.4. The molecule has 0 bridgehead atoms. The van der Waals surface area contributed by atoms with Gasteiger partial charge in [-0.2, -0.15) is 0 Å². The Morgan fingerprint density at radius 3 is 2.88 bits per heavy atom. The molecule has 0 fully saturated rings. The summed E-state index contributed by atoms with van der Waals surface area (Å²) >= 11 is 3.48. The first-order chi connectivity index (χ1) is 7.81. The van der Waals surface area contributed by atoms with Gasteiger partial charge in [-0.15, -0.1) is 0 Å². The van der Waals surface area contributed by atoms with E-state index in [0.717, 1.165) is 10.9 Å². The number of nitrogens with two attached hydrogens (primary N) is 1. The number of hydrogen-bond acceptors (Lipinski definition) is 2. The summed E-state index contributed by atoms with van der Waals surface area (Å²) in [7, 11) is 0. The third-order valence-corrected chi connectivity index (χ3v) is 2.95. The highest BCUT2D eigenvalue weighted by atomic mass is 79.9. The molecule has 0 atom stereocenters. The Morgan fingerprint density at radius 1 is 1.25 bits per heavy atom. The second-order valence-electron chi connectivity index (χ2n) is 3.58. The Hall–Kier alpha value is -1.19. The van der Waals surface area contributed by atoms with Gasteiger partial charge in [-0.3, -0.25) is 4.98 Å². The Labute approximate surface area is 104 Å². The Morgan fingerprint density at radius 2 is 2.12 bits per heavy atom. The average molecular weight is 277 g/mol. The molecule has 82 valence electrons. The molecule has 3 heteroatoms. The van der Waals surface area contributed by atoms with E-state index in [1.54, 1.807) is 0 Å². The molecule has 2 rings (SSSR count). The van der Waals surface area contributed by atoms with E-state index in [1.165, 1.54) is 16.7 Å². The molecule has 0 unspecified atom stereocenters. The van der Waals surface area contributed by atoms with Gasteiger partial charge in [0.05, 0.1) is 0 Å². The summed E-state index contributed by atoms with van der Waals surface area (Å²) in [6.07, 6.45) is 4.56. The van der Waals surface area contributed by atoms with Crippen LogP contribution in [0.3, 0.4) is 0 Å². The van der Waals surface area contributed by atoms with Crippen molar-refractivity contribution in [3.8, 4) is 11.1 Å². The highest BCUT2D eigenvalue weighted by Crippen LogP contribution is 2.25. The molecule has 0 aliphatic rings. The van der Waals surface area contributed by atoms with Gasteiger partial charge in [0.15, 0.2) is 0 Å². The van der Waals surface area contributed by atoms with Gasteiger partial charge >= 0.3 is 0 Å².